The van der Waals surface area contributed by atoms with E-state index in [0.29, 0.717) is 0 Å². The van der Waals surface area contributed by atoms with Crippen molar-refractivity contribution in [3.63, 3.8) is 0 Å². The highest BCUT2D eigenvalue weighted by atomic mass is 16.1. The molecule has 4 aromatic rings. The minimum absolute atomic E-state index is 0.0822. The van der Waals surface area contributed by atoms with Crippen molar-refractivity contribution in [2.24, 2.45) is 0 Å². The van der Waals surface area contributed by atoms with Gasteiger partial charge in [0.05, 0.1) is 5.41 Å². The van der Waals surface area contributed by atoms with Crippen LogP contribution in [-0.4, -0.2) is 5.78 Å². The Hall–Kier alpha value is -3.71. The van der Waals surface area contributed by atoms with E-state index < -0.39 is 5.41 Å². The highest BCUT2D eigenvalue weighted by molar-refractivity contribution is 6.36. The lowest BCUT2D eigenvalue weighted by Crippen LogP contribution is -2.34. The summed E-state index contributed by atoms with van der Waals surface area (Å²) in [5.41, 5.74) is 5.52. The van der Waals surface area contributed by atoms with E-state index >= 15 is 0 Å². The molecule has 0 bridgehead atoms. The van der Waals surface area contributed by atoms with Crippen LogP contribution >= 0.6 is 0 Å². The molecule has 2 atom stereocenters. The van der Waals surface area contributed by atoms with Crippen LogP contribution in [-0.2, 0) is 10.2 Å². The Labute approximate surface area is 183 Å². The molecule has 1 aliphatic rings. The average Bonchev–Trinajstić information content (AvgIpc) is 3.09. The molecule has 5 rings (SSSR count). The number of rotatable bonds is 4. The Morgan fingerprint density at radius 1 is 0.581 bits per heavy atom. The number of Topliss-reactive ketones (excluding diaryl/α,β-unsaturated/α-hetero) is 1. The van der Waals surface area contributed by atoms with Crippen LogP contribution in [0.2, 0.25) is 0 Å². The van der Waals surface area contributed by atoms with Gasteiger partial charge in [0, 0.05) is 11.5 Å². The number of carbonyl (C=O) groups excluding carboxylic acids is 1. The summed E-state index contributed by atoms with van der Waals surface area (Å²) in [7, 11) is 0. The second-order valence-corrected chi connectivity index (χ2v) is 8.26. The first-order valence-corrected chi connectivity index (χ1v) is 10.7. The van der Waals surface area contributed by atoms with Gasteiger partial charge in [-0.15, -0.1) is 0 Å². The summed E-state index contributed by atoms with van der Waals surface area (Å²) in [6.45, 7) is 2.11. The lowest BCUT2D eigenvalue weighted by atomic mass is 9.67. The molecule has 0 radical (unpaired) electrons. The van der Waals surface area contributed by atoms with Crippen LogP contribution in [0.25, 0.3) is 11.1 Å². The molecule has 0 spiro atoms. The van der Waals surface area contributed by atoms with Crippen molar-refractivity contribution in [3.8, 4) is 0 Å². The van der Waals surface area contributed by atoms with Crippen molar-refractivity contribution in [3.05, 3.63) is 144 Å². The molecule has 0 heterocycles. The van der Waals surface area contributed by atoms with Gasteiger partial charge in [-0.3, -0.25) is 4.79 Å². The molecule has 4 aromatic carbocycles. The van der Waals surface area contributed by atoms with Gasteiger partial charge in [-0.2, -0.15) is 0 Å². The molecular formula is C30H24O. The highest BCUT2D eigenvalue weighted by Crippen LogP contribution is 2.57. The standard InChI is InChI=1S/C30H24O/c1-30(25-20-12-5-13-21-25)28(24-18-10-4-11-19-24)26(22-14-6-2-7-15-22)27(29(30)31)23-16-8-3-9-17-23/h2-21,28H,1H3. The number of ketones is 1. The van der Waals surface area contributed by atoms with Gasteiger partial charge in [-0.1, -0.05) is 121 Å². The van der Waals surface area contributed by atoms with Crippen LogP contribution in [0.4, 0.5) is 0 Å². The molecule has 0 N–H and O–H groups in total. The molecule has 1 nitrogen and oxygen atoms in total. The van der Waals surface area contributed by atoms with Gasteiger partial charge in [0.25, 0.3) is 0 Å². The maximum Gasteiger partial charge on any atom is 0.174 e. The summed E-state index contributed by atoms with van der Waals surface area (Å²) < 4.78 is 0. The van der Waals surface area contributed by atoms with E-state index in [0.717, 1.165) is 33.4 Å². The molecule has 0 saturated carbocycles. The lowest BCUT2D eigenvalue weighted by Gasteiger charge is -2.33. The largest absolute Gasteiger partial charge is 0.293 e. The average molecular weight is 401 g/mol. The minimum Gasteiger partial charge on any atom is -0.293 e. The van der Waals surface area contributed by atoms with Crippen molar-refractivity contribution < 1.29 is 4.79 Å². The minimum atomic E-state index is -0.695. The van der Waals surface area contributed by atoms with Gasteiger partial charge in [0.15, 0.2) is 5.78 Å². The Balaban J connectivity index is 1.86. The molecule has 1 aliphatic carbocycles. The Morgan fingerprint density at radius 2 is 1.03 bits per heavy atom. The smallest absolute Gasteiger partial charge is 0.174 e. The van der Waals surface area contributed by atoms with Gasteiger partial charge in [0.2, 0.25) is 0 Å². The Kier molecular flexibility index (Phi) is 4.88. The topological polar surface area (TPSA) is 17.1 Å². The third-order valence-corrected chi connectivity index (χ3v) is 6.49. The third kappa shape index (κ3) is 3.14. The van der Waals surface area contributed by atoms with E-state index in [9.17, 15) is 4.79 Å². The summed E-state index contributed by atoms with van der Waals surface area (Å²) in [5.74, 6) is 0.0961. The molecule has 0 saturated heterocycles. The number of hydrogen-bond acceptors (Lipinski definition) is 1. The van der Waals surface area contributed by atoms with E-state index in [2.05, 4.69) is 79.7 Å². The van der Waals surface area contributed by atoms with Crippen molar-refractivity contribution in [1.29, 1.82) is 0 Å². The van der Waals surface area contributed by atoms with Crippen molar-refractivity contribution >= 4 is 16.9 Å². The zero-order chi connectivity index (χ0) is 21.3. The first-order chi connectivity index (χ1) is 15.2. The fourth-order valence-electron chi connectivity index (χ4n) is 4.99. The van der Waals surface area contributed by atoms with Crippen LogP contribution in [0, 0.1) is 0 Å². The van der Waals surface area contributed by atoms with E-state index in [1.165, 1.54) is 0 Å². The summed E-state index contributed by atoms with van der Waals surface area (Å²) in [4.78, 5) is 14.3. The molecule has 1 heteroatoms. The second-order valence-electron chi connectivity index (χ2n) is 8.26. The fraction of sp³-hybridized carbons (Fsp3) is 0.100. The summed E-state index contributed by atoms with van der Waals surface area (Å²) in [6, 6.07) is 41.2. The Bertz CT molecular complexity index is 1220. The van der Waals surface area contributed by atoms with Crippen LogP contribution in [0.1, 0.15) is 35.1 Å². The monoisotopic (exact) mass is 400 g/mol. The molecule has 2 unspecified atom stereocenters. The first kappa shape index (κ1) is 19.3. The Morgan fingerprint density at radius 3 is 1.58 bits per heavy atom. The number of allylic oxidation sites excluding steroid dienone is 2. The molecule has 0 fully saturated rings. The number of benzene rings is 4. The lowest BCUT2D eigenvalue weighted by molar-refractivity contribution is -0.118. The van der Waals surface area contributed by atoms with Crippen LogP contribution < -0.4 is 0 Å². The molecule has 0 aromatic heterocycles. The summed E-state index contributed by atoms with van der Waals surface area (Å²) >= 11 is 0. The SMILES string of the molecule is CC1(c2ccccc2)C(=O)C(c2ccccc2)=C(c2ccccc2)C1c1ccccc1. The van der Waals surface area contributed by atoms with Gasteiger partial charge in [0.1, 0.15) is 0 Å². The molecule has 0 aliphatic heterocycles. The molecule has 31 heavy (non-hydrogen) atoms. The van der Waals surface area contributed by atoms with E-state index in [1.54, 1.807) is 0 Å². The van der Waals surface area contributed by atoms with Crippen LogP contribution in [0.15, 0.2) is 121 Å². The van der Waals surface area contributed by atoms with Crippen LogP contribution in [0.5, 0.6) is 0 Å². The zero-order valence-electron chi connectivity index (χ0n) is 17.5. The third-order valence-electron chi connectivity index (χ3n) is 6.49. The van der Waals surface area contributed by atoms with Crippen molar-refractivity contribution in [1.82, 2.24) is 0 Å². The van der Waals surface area contributed by atoms with Crippen molar-refractivity contribution in [2.75, 3.05) is 0 Å². The van der Waals surface area contributed by atoms with Gasteiger partial charge in [-0.05, 0) is 34.8 Å². The van der Waals surface area contributed by atoms with E-state index in [1.807, 2.05) is 48.5 Å². The normalized spacial score (nSPS) is 20.8. The number of hydrogen-bond donors (Lipinski definition) is 0. The van der Waals surface area contributed by atoms with Gasteiger partial charge >= 0.3 is 0 Å². The number of carbonyl (C=O) groups is 1. The highest BCUT2D eigenvalue weighted by Gasteiger charge is 2.53. The second kappa shape index (κ2) is 7.85. The predicted molar refractivity (Wildman–Crippen MR) is 128 cm³/mol. The van der Waals surface area contributed by atoms with Crippen molar-refractivity contribution in [2.45, 2.75) is 18.3 Å². The first-order valence-electron chi connectivity index (χ1n) is 10.7. The van der Waals surface area contributed by atoms with Gasteiger partial charge in [-0.25, -0.2) is 0 Å². The predicted octanol–water partition coefficient (Wildman–Crippen LogP) is 6.92. The summed E-state index contributed by atoms with van der Waals surface area (Å²) in [6.07, 6.45) is 0. The van der Waals surface area contributed by atoms with Gasteiger partial charge < -0.3 is 0 Å². The van der Waals surface area contributed by atoms with E-state index in [-0.39, 0.29) is 11.7 Å². The molecular weight excluding hydrogens is 376 g/mol. The van der Waals surface area contributed by atoms with E-state index in [4.69, 9.17) is 0 Å². The summed E-state index contributed by atoms with van der Waals surface area (Å²) in [5, 5.41) is 0. The maximum absolute atomic E-state index is 14.3. The quantitative estimate of drug-likeness (QED) is 0.363. The fourth-order valence-corrected chi connectivity index (χ4v) is 4.99. The molecule has 150 valence electrons. The maximum atomic E-state index is 14.3. The van der Waals surface area contributed by atoms with Crippen LogP contribution in [0.3, 0.4) is 0 Å². The molecule has 0 amide bonds. The zero-order valence-corrected chi connectivity index (χ0v) is 17.5.